The number of hydrazone groups is 1. The standard InChI is InChI=1S/C16H15ClFN7O2/c1-8(19)14(24-20)9-2-13(15-11(17)5-23-25(15)6-9)27-7-12(26)16-21-3-10(18)4-22-16/h2-6,12,19,26H,7,20H2,1H3/b19-8?,24-14+. The van der Waals surface area contributed by atoms with E-state index >= 15 is 0 Å². The number of hydrogen-bond donors (Lipinski definition) is 3. The quantitative estimate of drug-likeness (QED) is 0.332. The van der Waals surface area contributed by atoms with Crippen molar-refractivity contribution in [2.24, 2.45) is 10.9 Å². The third kappa shape index (κ3) is 3.86. The van der Waals surface area contributed by atoms with Crippen LogP contribution in [0.15, 0.2) is 36.0 Å². The van der Waals surface area contributed by atoms with Crippen LogP contribution in [0.5, 0.6) is 5.75 Å². The van der Waals surface area contributed by atoms with E-state index in [1.165, 1.54) is 10.7 Å². The SMILES string of the molecule is CC(=N)/C(=N\N)c1cc(OCC(O)c2ncc(F)cn2)c2c(Cl)cnn2c1. The average Bonchev–Trinajstić information content (AvgIpc) is 3.01. The molecule has 0 fully saturated rings. The second-order valence-electron chi connectivity index (χ2n) is 5.57. The van der Waals surface area contributed by atoms with Crippen LogP contribution in [0.4, 0.5) is 4.39 Å². The normalized spacial score (nSPS) is 13.0. The predicted octanol–water partition coefficient (Wildman–Crippen LogP) is 1.73. The summed E-state index contributed by atoms with van der Waals surface area (Å²) in [6, 6.07) is 1.59. The molecule has 0 aliphatic heterocycles. The number of aliphatic hydroxyl groups is 1. The zero-order chi connectivity index (χ0) is 19.6. The summed E-state index contributed by atoms with van der Waals surface area (Å²) in [5, 5.41) is 26.0. The van der Waals surface area contributed by atoms with Gasteiger partial charge in [0.05, 0.1) is 29.3 Å². The molecular weight excluding hydrogens is 377 g/mol. The van der Waals surface area contributed by atoms with Gasteiger partial charge in [-0.25, -0.2) is 18.9 Å². The first-order valence-electron chi connectivity index (χ1n) is 7.69. The van der Waals surface area contributed by atoms with Gasteiger partial charge in [0, 0.05) is 11.8 Å². The highest BCUT2D eigenvalue weighted by Gasteiger charge is 2.18. The van der Waals surface area contributed by atoms with Crippen LogP contribution in [0.1, 0.15) is 24.4 Å². The minimum absolute atomic E-state index is 0.0164. The Balaban J connectivity index is 1.93. The Morgan fingerprint density at radius 2 is 2.15 bits per heavy atom. The summed E-state index contributed by atoms with van der Waals surface area (Å²) in [4.78, 5) is 7.44. The third-order valence-corrected chi connectivity index (χ3v) is 3.90. The molecule has 0 bridgehead atoms. The van der Waals surface area contributed by atoms with E-state index in [9.17, 15) is 9.50 Å². The van der Waals surface area contributed by atoms with Crippen molar-refractivity contribution in [3.63, 3.8) is 0 Å². The number of aliphatic hydroxyl groups excluding tert-OH is 1. The first-order valence-corrected chi connectivity index (χ1v) is 8.07. The van der Waals surface area contributed by atoms with E-state index in [-0.39, 0.29) is 23.9 Å². The van der Waals surface area contributed by atoms with E-state index in [4.69, 9.17) is 27.6 Å². The molecule has 1 unspecified atom stereocenters. The lowest BCUT2D eigenvalue weighted by atomic mass is 10.1. The van der Waals surface area contributed by atoms with Gasteiger partial charge in [-0.15, -0.1) is 0 Å². The summed E-state index contributed by atoms with van der Waals surface area (Å²) in [6.45, 7) is 1.33. The molecule has 0 aromatic carbocycles. The number of nitrogens with one attached hydrogen (secondary N) is 1. The lowest BCUT2D eigenvalue weighted by Gasteiger charge is -2.14. The molecule has 3 rings (SSSR count). The molecule has 3 heterocycles. The first kappa shape index (κ1) is 18.7. The molecule has 0 saturated carbocycles. The maximum absolute atomic E-state index is 12.9. The fraction of sp³-hybridized carbons (Fsp3) is 0.188. The van der Waals surface area contributed by atoms with Crippen molar-refractivity contribution in [1.29, 1.82) is 5.41 Å². The maximum Gasteiger partial charge on any atom is 0.160 e. The summed E-state index contributed by atoms with van der Waals surface area (Å²) in [7, 11) is 0. The van der Waals surface area contributed by atoms with Crippen LogP contribution in [0, 0.1) is 11.2 Å². The summed E-state index contributed by atoms with van der Waals surface area (Å²) in [6.07, 6.45) is 3.76. The van der Waals surface area contributed by atoms with Crippen molar-refractivity contribution in [2.45, 2.75) is 13.0 Å². The molecule has 27 heavy (non-hydrogen) atoms. The molecule has 0 saturated heterocycles. The van der Waals surface area contributed by atoms with Gasteiger partial charge in [0.25, 0.3) is 0 Å². The van der Waals surface area contributed by atoms with Crippen molar-refractivity contribution < 1.29 is 14.2 Å². The lowest BCUT2D eigenvalue weighted by Crippen LogP contribution is -2.16. The summed E-state index contributed by atoms with van der Waals surface area (Å²) in [5.74, 6) is 5.08. The molecule has 9 nitrogen and oxygen atoms in total. The van der Waals surface area contributed by atoms with Gasteiger partial charge in [-0.2, -0.15) is 10.2 Å². The van der Waals surface area contributed by atoms with Crippen molar-refractivity contribution in [2.75, 3.05) is 6.61 Å². The molecule has 4 N–H and O–H groups in total. The topological polar surface area (TPSA) is 135 Å². The summed E-state index contributed by atoms with van der Waals surface area (Å²) >= 11 is 6.17. The number of hydrogen-bond acceptors (Lipinski definition) is 8. The fourth-order valence-electron chi connectivity index (χ4n) is 2.41. The maximum atomic E-state index is 12.9. The van der Waals surface area contributed by atoms with Gasteiger partial charge in [-0.3, -0.25) is 0 Å². The lowest BCUT2D eigenvalue weighted by molar-refractivity contribution is 0.101. The minimum atomic E-state index is -1.19. The molecule has 0 amide bonds. The monoisotopic (exact) mass is 391 g/mol. The molecule has 0 aliphatic rings. The minimum Gasteiger partial charge on any atom is -0.488 e. The zero-order valence-electron chi connectivity index (χ0n) is 14.1. The highest BCUT2D eigenvalue weighted by Crippen LogP contribution is 2.29. The number of nitrogens with zero attached hydrogens (tertiary/aromatic N) is 5. The first-order chi connectivity index (χ1) is 12.9. The van der Waals surface area contributed by atoms with Crippen molar-refractivity contribution in [3.8, 4) is 5.75 Å². The van der Waals surface area contributed by atoms with Gasteiger partial charge in [0.15, 0.2) is 11.6 Å². The molecule has 0 aliphatic carbocycles. The number of rotatable bonds is 6. The van der Waals surface area contributed by atoms with E-state index in [0.29, 0.717) is 21.9 Å². The van der Waals surface area contributed by atoms with Crippen LogP contribution in [0.2, 0.25) is 5.02 Å². The van der Waals surface area contributed by atoms with Crippen LogP contribution in [-0.4, -0.2) is 42.7 Å². The van der Waals surface area contributed by atoms with Gasteiger partial charge < -0.3 is 21.1 Å². The van der Waals surface area contributed by atoms with Crippen LogP contribution in [-0.2, 0) is 0 Å². The predicted molar refractivity (Wildman–Crippen MR) is 96.8 cm³/mol. The van der Waals surface area contributed by atoms with Crippen LogP contribution in [0.25, 0.3) is 5.52 Å². The summed E-state index contributed by atoms with van der Waals surface area (Å²) < 4.78 is 20.0. The summed E-state index contributed by atoms with van der Waals surface area (Å²) in [5.41, 5.74) is 1.35. The number of fused-ring (bicyclic) bond motifs is 1. The zero-order valence-corrected chi connectivity index (χ0v) is 14.9. The largest absolute Gasteiger partial charge is 0.488 e. The molecule has 140 valence electrons. The van der Waals surface area contributed by atoms with E-state index in [2.05, 4.69) is 20.2 Å². The number of halogens is 2. The Morgan fingerprint density at radius 3 is 2.78 bits per heavy atom. The van der Waals surface area contributed by atoms with E-state index in [1.807, 2.05) is 0 Å². The average molecular weight is 392 g/mol. The Bertz CT molecular complexity index is 1020. The van der Waals surface area contributed by atoms with Gasteiger partial charge in [-0.1, -0.05) is 11.6 Å². The van der Waals surface area contributed by atoms with Crippen molar-refractivity contribution in [1.82, 2.24) is 19.6 Å². The molecule has 0 spiro atoms. The van der Waals surface area contributed by atoms with Crippen molar-refractivity contribution in [3.05, 3.63) is 53.1 Å². The molecule has 11 heteroatoms. The van der Waals surface area contributed by atoms with E-state index in [1.54, 1.807) is 19.2 Å². The highest BCUT2D eigenvalue weighted by molar-refractivity contribution is 6.46. The van der Waals surface area contributed by atoms with Crippen LogP contribution in [0.3, 0.4) is 0 Å². The Hall–Kier alpha value is -3.11. The number of ether oxygens (including phenoxy) is 1. The van der Waals surface area contributed by atoms with Gasteiger partial charge in [0.2, 0.25) is 0 Å². The van der Waals surface area contributed by atoms with Gasteiger partial charge >= 0.3 is 0 Å². The molecular formula is C16H15ClFN7O2. The molecule has 3 aromatic heterocycles. The Morgan fingerprint density at radius 1 is 1.44 bits per heavy atom. The fourth-order valence-corrected chi connectivity index (χ4v) is 2.64. The van der Waals surface area contributed by atoms with E-state index in [0.717, 1.165) is 12.4 Å². The second-order valence-corrected chi connectivity index (χ2v) is 5.97. The van der Waals surface area contributed by atoms with Crippen LogP contribution < -0.4 is 10.6 Å². The molecule has 1 atom stereocenters. The van der Waals surface area contributed by atoms with E-state index < -0.39 is 11.9 Å². The highest BCUT2D eigenvalue weighted by atomic mass is 35.5. The van der Waals surface area contributed by atoms with Crippen LogP contribution >= 0.6 is 11.6 Å². The molecule has 0 radical (unpaired) electrons. The number of nitrogens with two attached hydrogens (primary N) is 1. The Kier molecular flexibility index (Phi) is 5.28. The second kappa shape index (κ2) is 7.64. The smallest absolute Gasteiger partial charge is 0.160 e. The Labute approximate surface area is 157 Å². The molecule has 3 aromatic rings. The third-order valence-electron chi connectivity index (χ3n) is 3.62. The van der Waals surface area contributed by atoms with Crippen molar-refractivity contribution >= 4 is 28.5 Å². The van der Waals surface area contributed by atoms with Gasteiger partial charge in [0.1, 0.15) is 29.7 Å². The number of pyridine rings is 1. The van der Waals surface area contributed by atoms with Gasteiger partial charge in [-0.05, 0) is 13.0 Å². The number of aromatic nitrogens is 4.